The Morgan fingerprint density at radius 3 is 2.62 bits per heavy atom. The highest BCUT2D eigenvalue weighted by molar-refractivity contribution is 7.77. The van der Waals surface area contributed by atoms with Crippen LogP contribution in [-0.4, -0.2) is 20.6 Å². The first kappa shape index (κ1) is 17.2. The first-order valence-corrected chi connectivity index (χ1v) is 10.8. The van der Waals surface area contributed by atoms with Crippen molar-refractivity contribution < 1.29 is 13.6 Å². The zero-order chi connectivity index (χ0) is 17.1. The molecule has 136 valence electrons. The minimum atomic E-state index is -2.15. The minimum Gasteiger partial charge on any atom is -0.760 e. The first-order chi connectivity index (χ1) is 11.3. The summed E-state index contributed by atoms with van der Waals surface area (Å²) in [5.41, 5.74) is 0.307. The van der Waals surface area contributed by atoms with Gasteiger partial charge in [-0.05, 0) is 80.5 Å². The summed E-state index contributed by atoms with van der Waals surface area (Å²) in [5, 5.41) is 0. The van der Waals surface area contributed by atoms with Gasteiger partial charge in [-0.25, -0.2) is 4.72 Å². The molecule has 0 radical (unpaired) electrons. The second-order valence-electron chi connectivity index (χ2n) is 9.40. The van der Waals surface area contributed by atoms with Gasteiger partial charge in [-0.15, -0.1) is 0 Å². The van der Waals surface area contributed by atoms with E-state index >= 15 is 0 Å². The number of hydrogen-bond donors (Lipinski definition) is 1. The molecule has 4 aliphatic rings. The number of nitrogens with one attached hydrogen (secondary N) is 1. The molecule has 24 heavy (non-hydrogen) atoms. The van der Waals surface area contributed by atoms with Crippen LogP contribution in [0.15, 0.2) is 0 Å². The number of Topliss-reactive ketones (excluding diaryl/α,β-unsaturated/α-hetero) is 1. The van der Waals surface area contributed by atoms with Crippen molar-refractivity contribution in [1.82, 2.24) is 4.72 Å². The van der Waals surface area contributed by atoms with E-state index in [4.69, 9.17) is 0 Å². The normalized spacial score (nSPS) is 52.3. The van der Waals surface area contributed by atoms with Crippen LogP contribution < -0.4 is 4.72 Å². The Balaban J connectivity index is 1.54. The molecule has 8 atom stereocenters. The lowest BCUT2D eigenvalue weighted by atomic mass is 9.45. The summed E-state index contributed by atoms with van der Waals surface area (Å²) >= 11 is -2.15. The fraction of sp³-hybridized carbons (Fsp3) is 0.947. The zero-order valence-electron chi connectivity index (χ0n) is 14.9. The third kappa shape index (κ3) is 2.45. The quantitative estimate of drug-likeness (QED) is 0.775. The molecule has 0 amide bonds. The Morgan fingerprint density at radius 1 is 1.08 bits per heavy atom. The molecule has 0 bridgehead atoms. The number of hydrogen-bond acceptors (Lipinski definition) is 3. The third-order valence-corrected chi connectivity index (χ3v) is 9.16. The van der Waals surface area contributed by atoms with Crippen LogP contribution in [0.1, 0.15) is 71.6 Å². The summed E-state index contributed by atoms with van der Waals surface area (Å²) in [7, 11) is 0. The minimum absolute atomic E-state index is 0.0391. The van der Waals surface area contributed by atoms with Crippen molar-refractivity contribution in [2.24, 2.45) is 34.5 Å². The third-order valence-electron chi connectivity index (χ3n) is 8.64. The van der Waals surface area contributed by atoms with Crippen molar-refractivity contribution in [3.05, 3.63) is 0 Å². The Hall–Kier alpha value is -0.260. The van der Waals surface area contributed by atoms with Crippen molar-refractivity contribution in [1.29, 1.82) is 0 Å². The van der Waals surface area contributed by atoms with Crippen LogP contribution in [0.25, 0.3) is 0 Å². The molecule has 1 unspecified atom stereocenters. The van der Waals surface area contributed by atoms with Crippen molar-refractivity contribution in [2.45, 2.75) is 77.7 Å². The summed E-state index contributed by atoms with van der Waals surface area (Å²) in [4.78, 5) is 12.4. The monoisotopic (exact) mass is 352 g/mol. The lowest BCUT2D eigenvalue weighted by Crippen LogP contribution is -2.55. The number of carbonyl (C=O) groups is 1. The predicted molar refractivity (Wildman–Crippen MR) is 92.6 cm³/mol. The van der Waals surface area contributed by atoms with Crippen LogP contribution >= 0.6 is 0 Å². The van der Waals surface area contributed by atoms with Crippen molar-refractivity contribution in [2.75, 3.05) is 0 Å². The molecular formula is C19H30NO3S-. The van der Waals surface area contributed by atoms with Crippen LogP contribution in [0, 0.1) is 34.5 Å². The summed E-state index contributed by atoms with van der Waals surface area (Å²) in [6.45, 7) is 4.71. The molecule has 0 spiro atoms. The Morgan fingerprint density at radius 2 is 1.88 bits per heavy atom. The number of fused-ring (bicyclic) bond motifs is 5. The summed E-state index contributed by atoms with van der Waals surface area (Å²) in [6, 6.07) is 0.125. The highest BCUT2D eigenvalue weighted by Gasteiger charge is 2.60. The second-order valence-corrected chi connectivity index (χ2v) is 10.1. The molecule has 0 aromatic rings. The van der Waals surface area contributed by atoms with Gasteiger partial charge in [0.05, 0.1) is 0 Å². The highest BCUT2D eigenvalue weighted by Crippen LogP contribution is 2.65. The fourth-order valence-electron chi connectivity index (χ4n) is 7.27. The summed E-state index contributed by atoms with van der Waals surface area (Å²) in [5.74, 6) is 3.21. The first-order valence-electron chi connectivity index (χ1n) is 9.73. The van der Waals surface area contributed by atoms with Crippen molar-refractivity contribution in [3.63, 3.8) is 0 Å². The van der Waals surface area contributed by atoms with E-state index in [-0.39, 0.29) is 11.5 Å². The fourth-order valence-corrected chi connectivity index (χ4v) is 7.76. The Bertz CT molecular complexity index is 567. The molecule has 5 heteroatoms. The van der Waals surface area contributed by atoms with E-state index in [0.717, 1.165) is 50.4 Å². The predicted octanol–water partition coefficient (Wildman–Crippen LogP) is 3.35. The molecule has 0 aromatic heterocycles. The van der Waals surface area contributed by atoms with Gasteiger partial charge in [0.1, 0.15) is 5.78 Å². The van der Waals surface area contributed by atoms with Gasteiger partial charge < -0.3 is 4.55 Å². The van der Waals surface area contributed by atoms with Crippen molar-refractivity contribution in [3.8, 4) is 0 Å². The van der Waals surface area contributed by atoms with Crippen LogP contribution in [-0.2, 0) is 16.1 Å². The Kier molecular flexibility index (Phi) is 4.21. The average Bonchev–Trinajstić information content (AvgIpc) is 2.83. The van der Waals surface area contributed by atoms with E-state index in [1.165, 1.54) is 19.3 Å². The maximum Gasteiger partial charge on any atom is 0.139 e. The van der Waals surface area contributed by atoms with Gasteiger partial charge in [-0.1, -0.05) is 13.8 Å². The smallest absolute Gasteiger partial charge is 0.139 e. The standard InChI is InChI=1S/C19H31NO3S/c1-18-9-7-13(20-24(22)23)11-12(18)3-4-14-15-5-6-17(21)19(15,2)10-8-16(14)18/h12-16,20H,3-11H2,1-2H3,(H,22,23)/p-1/t12-,13+,14-,15-,16-,18-,19-/m0/s1. The SMILES string of the molecule is C[C@]12CC[C@@H](NS(=O)[O-])C[C@@H]1CC[C@@H]1[C@@H]2CC[C@]2(C)C(=O)CC[C@@H]12. The number of rotatable bonds is 2. The van der Waals surface area contributed by atoms with Gasteiger partial charge in [0.15, 0.2) is 0 Å². The molecule has 0 saturated heterocycles. The van der Waals surface area contributed by atoms with E-state index in [0.29, 0.717) is 23.0 Å². The van der Waals surface area contributed by atoms with Gasteiger partial charge >= 0.3 is 0 Å². The average molecular weight is 353 g/mol. The molecule has 4 fully saturated rings. The maximum atomic E-state index is 12.4. The molecule has 0 aliphatic heterocycles. The maximum absolute atomic E-state index is 12.4. The van der Waals surface area contributed by atoms with Crippen LogP contribution in [0.4, 0.5) is 0 Å². The summed E-state index contributed by atoms with van der Waals surface area (Å²) in [6.07, 6.45) is 9.72. The van der Waals surface area contributed by atoms with E-state index in [1.807, 2.05) is 0 Å². The summed E-state index contributed by atoms with van der Waals surface area (Å²) < 4.78 is 24.7. The van der Waals surface area contributed by atoms with Gasteiger partial charge in [0.2, 0.25) is 0 Å². The largest absolute Gasteiger partial charge is 0.760 e. The van der Waals surface area contributed by atoms with E-state index in [2.05, 4.69) is 18.6 Å². The lowest BCUT2D eigenvalue weighted by Gasteiger charge is -2.60. The van der Waals surface area contributed by atoms with E-state index in [1.54, 1.807) is 0 Å². The number of ketones is 1. The van der Waals surface area contributed by atoms with Crippen LogP contribution in [0.5, 0.6) is 0 Å². The molecule has 4 rings (SSSR count). The van der Waals surface area contributed by atoms with Crippen LogP contribution in [0.3, 0.4) is 0 Å². The van der Waals surface area contributed by atoms with E-state index < -0.39 is 11.3 Å². The second kappa shape index (κ2) is 5.88. The molecule has 4 aliphatic carbocycles. The van der Waals surface area contributed by atoms with Gasteiger partial charge in [0, 0.05) is 29.1 Å². The molecule has 0 heterocycles. The lowest BCUT2D eigenvalue weighted by molar-refractivity contribution is -0.139. The van der Waals surface area contributed by atoms with Crippen LogP contribution in [0.2, 0.25) is 0 Å². The Labute approximate surface area is 148 Å². The number of carbonyl (C=O) groups excluding carboxylic acids is 1. The van der Waals surface area contributed by atoms with Gasteiger partial charge in [-0.3, -0.25) is 9.00 Å². The van der Waals surface area contributed by atoms with Crippen molar-refractivity contribution >= 4 is 17.0 Å². The zero-order valence-corrected chi connectivity index (χ0v) is 15.7. The highest BCUT2D eigenvalue weighted by atomic mass is 32.2. The van der Waals surface area contributed by atoms with Gasteiger partial charge in [0.25, 0.3) is 0 Å². The van der Waals surface area contributed by atoms with Gasteiger partial charge in [-0.2, -0.15) is 0 Å². The molecule has 0 aromatic carbocycles. The molecular weight excluding hydrogens is 322 g/mol. The van der Waals surface area contributed by atoms with E-state index in [9.17, 15) is 13.6 Å². The topological polar surface area (TPSA) is 69.2 Å². The molecule has 4 nitrogen and oxygen atoms in total. The molecule has 1 N–H and O–H groups in total. The molecule has 4 saturated carbocycles.